The third kappa shape index (κ3) is 2.80. The van der Waals surface area contributed by atoms with Gasteiger partial charge in [-0.3, -0.25) is 19.9 Å². The van der Waals surface area contributed by atoms with Gasteiger partial charge in [-0.15, -0.1) is 0 Å². The highest BCUT2D eigenvalue weighted by Gasteiger charge is 2.25. The number of rotatable bonds is 4. The molecule has 2 rings (SSSR count). The van der Waals surface area contributed by atoms with Gasteiger partial charge in [0.25, 0.3) is 5.69 Å². The van der Waals surface area contributed by atoms with E-state index in [1.54, 1.807) is 24.4 Å². The fourth-order valence-electron chi connectivity index (χ4n) is 1.88. The van der Waals surface area contributed by atoms with Gasteiger partial charge in [0.05, 0.1) is 17.7 Å². The molecule has 20 heavy (non-hydrogen) atoms. The van der Waals surface area contributed by atoms with E-state index in [-0.39, 0.29) is 5.69 Å². The molecule has 2 aromatic rings. The van der Waals surface area contributed by atoms with Crippen molar-refractivity contribution in [1.82, 2.24) is 4.98 Å². The summed E-state index contributed by atoms with van der Waals surface area (Å²) in [6.07, 6.45) is 1.58. The zero-order chi connectivity index (χ0) is 14.5. The summed E-state index contributed by atoms with van der Waals surface area (Å²) in [5.41, 5.74) is 1.10. The maximum absolute atomic E-state index is 11.9. The largest absolute Gasteiger partial charge is 0.468 e. The zero-order valence-corrected chi connectivity index (χ0v) is 10.7. The van der Waals surface area contributed by atoms with Gasteiger partial charge in [-0.25, -0.2) is 0 Å². The van der Waals surface area contributed by atoms with Crippen molar-refractivity contribution in [1.29, 1.82) is 0 Å². The van der Waals surface area contributed by atoms with Crippen LogP contribution in [0.25, 0.3) is 0 Å². The molecule has 0 bridgehead atoms. The van der Waals surface area contributed by atoms with Crippen LogP contribution < -0.4 is 0 Å². The van der Waals surface area contributed by atoms with Crippen molar-refractivity contribution < 1.29 is 14.5 Å². The second kappa shape index (κ2) is 5.92. The van der Waals surface area contributed by atoms with Crippen LogP contribution in [0.3, 0.4) is 0 Å². The first-order chi connectivity index (χ1) is 9.63. The first-order valence-corrected chi connectivity index (χ1v) is 5.86. The molecule has 0 saturated heterocycles. The summed E-state index contributed by atoms with van der Waals surface area (Å²) in [6, 6.07) is 11.0. The van der Waals surface area contributed by atoms with E-state index in [0.717, 1.165) is 0 Å². The summed E-state index contributed by atoms with van der Waals surface area (Å²) in [5.74, 6) is -1.15. The summed E-state index contributed by atoms with van der Waals surface area (Å²) in [7, 11) is 1.30. The average Bonchev–Trinajstić information content (AvgIpc) is 2.49. The lowest BCUT2D eigenvalue weighted by Gasteiger charge is -2.14. The number of aromatic nitrogens is 1. The minimum Gasteiger partial charge on any atom is -0.468 e. The molecular formula is C14H12N2O4. The Hall–Kier alpha value is -2.76. The normalized spacial score (nSPS) is 11.7. The summed E-state index contributed by atoms with van der Waals surface area (Å²) < 4.78 is 4.79. The van der Waals surface area contributed by atoms with E-state index in [0.29, 0.717) is 11.3 Å². The van der Waals surface area contributed by atoms with Gasteiger partial charge in [-0.05, 0) is 17.7 Å². The quantitative estimate of drug-likeness (QED) is 0.484. The number of esters is 1. The number of carbonyl (C=O) groups excluding carboxylic acids is 1. The molecule has 0 aliphatic rings. The highest BCUT2D eigenvalue weighted by Crippen LogP contribution is 2.26. The number of non-ortho nitro benzene ring substituents is 1. The van der Waals surface area contributed by atoms with E-state index in [9.17, 15) is 14.9 Å². The van der Waals surface area contributed by atoms with Gasteiger partial charge in [0.1, 0.15) is 5.92 Å². The summed E-state index contributed by atoms with van der Waals surface area (Å²) in [4.78, 5) is 26.2. The average molecular weight is 272 g/mol. The number of methoxy groups -OCH3 is 1. The Balaban J connectivity index is 2.42. The molecule has 1 aromatic carbocycles. The molecule has 0 radical (unpaired) electrons. The lowest BCUT2D eigenvalue weighted by atomic mass is 9.95. The monoisotopic (exact) mass is 272 g/mol. The number of ether oxygens (including phenoxy) is 1. The molecule has 6 nitrogen and oxygen atoms in total. The van der Waals surface area contributed by atoms with Gasteiger partial charge in [0, 0.05) is 18.3 Å². The van der Waals surface area contributed by atoms with Crippen molar-refractivity contribution in [2.45, 2.75) is 5.92 Å². The number of pyridine rings is 1. The van der Waals surface area contributed by atoms with E-state index in [1.807, 2.05) is 0 Å². The van der Waals surface area contributed by atoms with Crippen LogP contribution in [0.5, 0.6) is 0 Å². The SMILES string of the molecule is COC(=O)C(c1ccc([N+](=O)[O-])cc1)c1ccccn1. The summed E-state index contributed by atoms with van der Waals surface area (Å²) in [5, 5.41) is 10.6. The Morgan fingerprint density at radius 1 is 1.25 bits per heavy atom. The lowest BCUT2D eigenvalue weighted by Crippen LogP contribution is -2.16. The zero-order valence-electron chi connectivity index (χ0n) is 10.7. The van der Waals surface area contributed by atoms with Crippen molar-refractivity contribution in [2.75, 3.05) is 7.11 Å². The van der Waals surface area contributed by atoms with E-state index in [4.69, 9.17) is 4.74 Å². The summed E-state index contributed by atoms with van der Waals surface area (Å²) in [6.45, 7) is 0. The molecule has 0 spiro atoms. The second-order valence-electron chi connectivity index (χ2n) is 4.06. The molecule has 0 fully saturated rings. The third-order valence-electron chi connectivity index (χ3n) is 2.86. The smallest absolute Gasteiger partial charge is 0.319 e. The molecule has 0 amide bonds. The maximum Gasteiger partial charge on any atom is 0.319 e. The Morgan fingerprint density at radius 2 is 1.95 bits per heavy atom. The molecular weight excluding hydrogens is 260 g/mol. The van der Waals surface area contributed by atoms with Crippen LogP contribution in [0.1, 0.15) is 17.2 Å². The molecule has 0 aliphatic heterocycles. The van der Waals surface area contributed by atoms with Crippen molar-refractivity contribution in [2.24, 2.45) is 0 Å². The Morgan fingerprint density at radius 3 is 2.45 bits per heavy atom. The number of carbonyl (C=O) groups is 1. The first-order valence-electron chi connectivity index (χ1n) is 5.86. The van der Waals surface area contributed by atoms with Crippen molar-refractivity contribution in [3.63, 3.8) is 0 Å². The Labute approximate surface area is 115 Å². The van der Waals surface area contributed by atoms with Gasteiger partial charge in [-0.2, -0.15) is 0 Å². The topological polar surface area (TPSA) is 82.3 Å². The van der Waals surface area contributed by atoms with E-state index in [2.05, 4.69) is 4.98 Å². The van der Waals surface area contributed by atoms with Crippen LogP contribution >= 0.6 is 0 Å². The van der Waals surface area contributed by atoms with Gasteiger partial charge in [0.2, 0.25) is 0 Å². The predicted octanol–water partition coefficient (Wildman–Crippen LogP) is 2.29. The molecule has 1 unspecified atom stereocenters. The molecule has 6 heteroatoms. The van der Waals surface area contributed by atoms with Gasteiger partial charge >= 0.3 is 5.97 Å². The number of hydrogen-bond donors (Lipinski definition) is 0. The Kier molecular flexibility index (Phi) is 4.05. The lowest BCUT2D eigenvalue weighted by molar-refractivity contribution is -0.384. The van der Waals surface area contributed by atoms with Crippen LogP contribution in [0.2, 0.25) is 0 Å². The van der Waals surface area contributed by atoms with E-state index < -0.39 is 16.8 Å². The van der Waals surface area contributed by atoms with Crippen molar-refractivity contribution in [3.8, 4) is 0 Å². The fraction of sp³-hybridized carbons (Fsp3) is 0.143. The minimum absolute atomic E-state index is 0.0293. The number of nitro benzene ring substituents is 1. The van der Waals surface area contributed by atoms with E-state index in [1.165, 1.54) is 31.4 Å². The number of benzene rings is 1. The standard InChI is InChI=1S/C14H12N2O4/c1-20-14(17)13(12-4-2-3-9-15-12)10-5-7-11(8-6-10)16(18)19/h2-9,13H,1H3. The highest BCUT2D eigenvalue weighted by molar-refractivity contribution is 5.81. The van der Waals surface area contributed by atoms with E-state index >= 15 is 0 Å². The number of hydrogen-bond acceptors (Lipinski definition) is 5. The van der Waals surface area contributed by atoms with Crippen LogP contribution in [-0.2, 0) is 9.53 Å². The third-order valence-corrected chi connectivity index (χ3v) is 2.86. The molecule has 102 valence electrons. The Bertz CT molecular complexity index is 611. The van der Waals surface area contributed by atoms with Crippen LogP contribution in [-0.4, -0.2) is 23.0 Å². The minimum atomic E-state index is -0.693. The summed E-state index contributed by atoms with van der Waals surface area (Å²) >= 11 is 0. The first kappa shape index (κ1) is 13.7. The molecule has 0 saturated carbocycles. The molecule has 1 heterocycles. The fourth-order valence-corrected chi connectivity index (χ4v) is 1.88. The molecule has 0 N–H and O–H groups in total. The van der Waals surface area contributed by atoms with Gasteiger partial charge < -0.3 is 4.74 Å². The van der Waals surface area contributed by atoms with Gasteiger partial charge in [0.15, 0.2) is 0 Å². The van der Waals surface area contributed by atoms with Crippen LogP contribution in [0, 0.1) is 10.1 Å². The number of nitro groups is 1. The van der Waals surface area contributed by atoms with Crippen molar-refractivity contribution in [3.05, 3.63) is 70.0 Å². The second-order valence-corrected chi connectivity index (χ2v) is 4.06. The number of nitrogens with zero attached hydrogens (tertiary/aromatic N) is 2. The maximum atomic E-state index is 11.9. The molecule has 1 atom stereocenters. The van der Waals surface area contributed by atoms with Crippen LogP contribution in [0.15, 0.2) is 48.7 Å². The predicted molar refractivity (Wildman–Crippen MR) is 71.2 cm³/mol. The molecule has 0 aliphatic carbocycles. The molecule has 1 aromatic heterocycles. The highest BCUT2D eigenvalue weighted by atomic mass is 16.6. The van der Waals surface area contributed by atoms with Crippen LogP contribution in [0.4, 0.5) is 5.69 Å². The van der Waals surface area contributed by atoms with Gasteiger partial charge in [-0.1, -0.05) is 18.2 Å². The van der Waals surface area contributed by atoms with Crippen molar-refractivity contribution >= 4 is 11.7 Å².